The number of anilines is 2. The van der Waals surface area contributed by atoms with Crippen molar-refractivity contribution in [1.82, 2.24) is 19.5 Å². The van der Waals surface area contributed by atoms with Gasteiger partial charge in [-0.05, 0) is 48.5 Å². The van der Waals surface area contributed by atoms with Gasteiger partial charge in [0, 0.05) is 37.7 Å². The number of thiazole rings is 1. The number of nitrogens with one attached hydrogen (secondary N) is 2. The van der Waals surface area contributed by atoms with Crippen LogP contribution in [0.4, 0.5) is 20.2 Å². The van der Waals surface area contributed by atoms with Crippen LogP contribution >= 0.6 is 11.3 Å². The van der Waals surface area contributed by atoms with Crippen molar-refractivity contribution in [3.8, 4) is 17.2 Å². The number of carbonyl (C=O) groups is 1. The van der Waals surface area contributed by atoms with Gasteiger partial charge >= 0.3 is 0 Å². The van der Waals surface area contributed by atoms with Crippen molar-refractivity contribution in [3.63, 3.8) is 0 Å². The molecular weight excluding hydrogens is 566 g/mol. The van der Waals surface area contributed by atoms with Crippen LogP contribution < -0.4 is 20.5 Å². The molecule has 212 valence electrons. The van der Waals surface area contributed by atoms with Crippen molar-refractivity contribution in [2.45, 2.75) is 0 Å². The number of hydrogen-bond acceptors (Lipinski definition) is 8. The number of aliphatic hydroxyl groups is 1. The van der Waals surface area contributed by atoms with Gasteiger partial charge in [-0.2, -0.15) is 0 Å². The number of hydrogen-bond donors (Lipinski definition) is 3. The topological polar surface area (TPSA) is 125 Å². The molecule has 0 fully saturated rings. The number of aromatic amines is 1. The summed E-state index contributed by atoms with van der Waals surface area (Å²) in [6.07, 6.45) is 3.22. The second-order valence-corrected chi connectivity index (χ2v) is 10.1. The van der Waals surface area contributed by atoms with Gasteiger partial charge in [0.15, 0.2) is 11.6 Å². The van der Waals surface area contributed by atoms with Crippen molar-refractivity contribution in [1.29, 1.82) is 0 Å². The molecule has 0 aliphatic carbocycles. The molecule has 1 amide bonds. The molecule has 0 radical (unpaired) electrons. The molecule has 0 bridgehead atoms. The fraction of sp³-hybridized carbons (Fsp3) is 0.103. The molecule has 2 aromatic carbocycles. The van der Waals surface area contributed by atoms with Crippen LogP contribution in [0.5, 0.6) is 11.5 Å². The fourth-order valence-electron chi connectivity index (χ4n) is 4.65. The standard InChI is InChI=1S/C29H22F2N6O4S/c1-36(12-13-38)25-23(28(40)37(29-24(25)34-15-42-29)18-5-2-16(30)3-6-18)27(39)35-17-4-7-22(20(31)14-17)41-21-9-11-33-26-19(21)8-10-32-26/h2-11,14-15,38H,12-13H2,1H3,(H,32,33)(H,35,39). The van der Waals surface area contributed by atoms with E-state index < -0.39 is 23.1 Å². The molecule has 0 spiro atoms. The fourth-order valence-corrected chi connectivity index (χ4v) is 5.46. The highest BCUT2D eigenvalue weighted by Crippen LogP contribution is 2.33. The average Bonchev–Trinajstić information content (AvgIpc) is 3.65. The van der Waals surface area contributed by atoms with Crippen molar-refractivity contribution in [2.75, 3.05) is 30.4 Å². The largest absolute Gasteiger partial charge is 0.453 e. The first-order valence-electron chi connectivity index (χ1n) is 12.7. The molecular formula is C29H22F2N6O4S. The Kier molecular flexibility index (Phi) is 7.10. The van der Waals surface area contributed by atoms with E-state index in [1.165, 1.54) is 64.0 Å². The van der Waals surface area contributed by atoms with Gasteiger partial charge in [-0.3, -0.25) is 14.2 Å². The third-order valence-electron chi connectivity index (χ3n) is 6.59. The second-order valence-electron chi connectivity index (χ2n) is 9.24. The number of aromatic nitrogens is 4. The number of aliphatic hydroxyl groups excluding tert-OH is 1. The number of fused-ring (bicyclic) bond motifs is 2. The van der Waals surface area contributed by atoms with Gasteiger partial charge in [0.1, 0.15) is 33.1 Å². The summed E-state index contributed by atoms with van der Waals surface area (Å²) < 4.78 is 35.9. The smallest absolute Gasteiger partial charge is 0.271 e. The van der Waals surface area contributed by atoms with Crippen LogP contribution in [0.2, 0.25) is 0 Å². The lowest BCUT2D eigenvalue weighted by Crippen LogP contribution is -2.34. The summed E-state index contributed by atoms with van der Waals surface area (Å²) in [6.45, 7) is -0.138. The maximum absolute atomic E-state index is 15.1. The van der Waals surface area contributed by atoms with E-state index >= 15 is 4.39 Å². The molecule has 0 atom stereocenters. The average molecular weight is 589 g/mol. The summed E-state index contributed by atoms with van der Waals surface area (Å²) in [5.41, 5.74) is 2.10. The Morgan fingerprint density at radius 1 is 1.12 bits per heavy atom. The van der Waals surface area contributed by atoms with Crippen LogP contribution in [0.3, 0.4) is 0 Å². The maximum Gasteiger partial charge on any atom is 0.271 e. The van der Waals surface area contributed by atoms with Crippen LogP contribution in [0.25, 0.3) is 27.1 Å². The van der Waals surface area contributed by atoms with E-state index in [0.29, 0.717) is 32.8 Å². The minimum absolute atomic E-state index is 0.0763. The first-order valence-corrected chi connectivity index (χ1v) is 13.5. The number of pyridine rings is 2. The normalized spacial score (nSPS) is 11.2. The molecule has 42 heavy (non-hydrogen) atoms. The van der Waals surface area contributed by atoms with Crippen LogP contribution in [0.1, 0.15) is 10.4 Å². The second kappa shape index (κ2) is 11.0. The SMILES string of the molecule is CN(CCO)c1c(C(=O)Nc2ccc(Oc3ccnc4[nH]ccc34)c(F)c2)c(=O)n(-c2ccc(F)cc2)c2scnc12. The maximum atomic E-state index is 15.1. The van der Waals surface area contributed by atoms with Gasteiger partial charge in [-0.25, -0.2) is 18.7 Å². The van der Waals surface area contributed by atoms with Gasteiger partial charge in [-0.15, -0.1) is 11.3 Å². The zero-order valence-corrected chi connectivity index (χ0v) is 22.8. The van der Waals surface area contributed by atoms with Crippen molar-refractivity contribution < 1.29 is 23.4 Å². The number of amides is 1. The predicted octanol–water partition coefficient (Wildman–Crippen LogP) is 5.07. The molecule has 6 rings (SSSR count). The molecule has 0 unspecified atom stereocenters. The Morgan fingerprint density at radius 2 is 1.93 bits per heavy atom. The van der Waals surface area contributed by atoms with E-state index in [1.807, 2.05) is 0 Å². The molecule has 0 aliphatic heterocycles. The lowest BCUT2D eigenvalue weighted by atomic mass is 10.1. The van der Waals surface area contributed by atoms with Gasteiger partial charge < -0.3 is 25.0 Å². The lowest BCUT2D eigenvalue weighted by Gasteiger charge is -2.23. The number of ether oxygens (including phenoxy) is 1. The third kappa shape index (κ3) is 4.84. The Labute approximate surface area is 240 Å². The van der Waals surface area contributed by atoms with E-state index in [4.69, 9.17) is 4.74 Å². The van der Waals surface area contributed by atoms with Gasteiger partial charge in [0.25, 0.3) is 11.5 Å². The highest BCUT2D eigenvalue weighted by Gasteiger charge is 2.27. The minimum atomic E-state index is -0.818. The molecule has 4 heterocycles. The zero-order chi connectivity index (χ0) is 29.4. The Balaban J connectivity index is 1.39. The van der Waals surface area contributed by atoms with Gasteiger partial charge in [0.05, 0.1) is 28.9 Å². The number of halogens is 2. The van der Waals surface area contributed by atoms with Crippen LogP contribution in [-0.2, 0) is 0 Å². The molecule has 0 aliphatic rings. The molecule has 0 saturated carbocycles. The van der Waals surface area contributed by atoms with E-state index in [9.17, 15) is 19.1 Å². The first kappa shape index (κ1) is 27.1. The van der Waals surface area contributed by atoms with E-state index in [2.05, 4.69) is 20.3 Å². The highest BCUT2D eigenvalue weighted by atomic mass is 32.1. The van der Waals surface area contributed by atoms with Crippen molar-refractivity contribution in [3.05, 3.63) is 100 Å². The van der Waals surface area contributed by atoms with E-state index in [-0.39, 0.29) is 35.8 Å². The number of likely N-dealkylation sites (N-methyl/N-ethyl adjacent to an activating group) is 1. The summed E-state index contributed by atoms with van der Waals surface area (Å²) >= 11 is 1.17. The zero-order valence-electron chi connectivity index (χ0n) is 22.0. The number of rotatable bonds is 8. The van der Waals surface area contributed by atoms with Crippen molar-refractivity contribution >= 4 is 50.0 Å². The Morgan fingerprint density at radius 3 is 2.69 bits per heavy atom. The van der Waals surface area contributed by atoms with Crippen molar-refractivity contribution in [2.24, 2.45) is 0 Å². The quantitative estimate of drug-likeness (QED) is 0.227. The molecule has 10 nitrogen and oxygen atoms in total. The molecule has 13 heteroatoms. The van der Waals surface area contributed by atoms with E-state index in [1.54, 1.807) is 30.3 Å². The Bertz CT molecular complexity index is 2000. The number of nitrogens with zero attached hydrogens (tertiary/aromatic N) is 4. The lowest BCUT2D eigenvalue weighted by molar-refractivity contribution is 0.102. The molecule has 4 aromatic heterocycles. The number of H-pyrrole nitrogens is 1. The summed E-state index contributed by atoms with van der Waals surface area (Å²) in [6, 6.07) is 12.5. The molecule has 3 N–H and O–H groups in total. The number of benzene rings is 2. The molecule has 6 aromatic rings. The third-order valence-corrected chi connectivity index (χ3v) is 7.40. The minimum Gasteiger partial charge on any atom is -0.453 e. The highest BCUT2D eigenvalue weighted by molar-refractivity contribution is 7.16. The van der Waals surface area contributed by atoms with Crippen LogP contribution in [0.15, 0.2) is 77.3 Å². The summed E-state index contributed by atoms with van der Waals surface area (Å²) in [5.74, 6) is -1.73. The summed E-state index contributed by atoms with van der Waals surface area (Å²) in [7, 11) is 1.62. The summed E-state index contributed by atoms with van der Waals surface area (Å²) in [4.78, 5) is 41.2. The van der Waals surface area contributed by atoms with Gasteiger partial charge in [-0.1, -0.05) is 0 Å². The predicted molar refractivity (Wildman–Crippen MR) is 156 cm³/mol. The number of carbonyl (C=O) groups excluding carboxylic acids is 1. The van der Waals surface area contributed by atoms with Crippen LogP contribution in [-0.4, -0.2) is 50.7 Å². The summed E-state index contributed by atoms with van der Waals surface area (Å²) in [5, 5.41) is 12.9. The van der Waals surface area contributed by atoms with E-state index in [0.717, 1.165) is 6.07 Å². The first-order chi connectivity index (χ1) is 20.4. The van der Waals surface area contributed by atoms with Gasteiger partial charge in [0.2, 0.25) is 0 Å². The van der Waals surface area contributed by atoms with Crippen LogP contribution in [0, 0.1) is 11.6 Å². The monoisotopic (exact) mass is 588 g/mol. The Hall–Kier alpha value is -5.14. The molecule has 0 saturated heterocycles.